The van der Waals surface area contributed by atoms with Gasteiger partial charge in [0.05, 0.1) is 6.61 Å². The fourth-order valence-corrected chi connectivity index (χ4v) is 3.42. The lowest BCUT2D eigenvalue weighted by molar-refractivity contribution is -0.128. The normalized spacial score (nSPS) is 17.1. The third-order valence-electron chi connectivity index (χ3n) is 4.53. The summed E-state index contributed by atoms with van der Waals surface area (Å²) in [5, 5.41) is 0. The number of nitrogens with zero attached hydrogens (tertiary/aromatic N) is 1. The van der Waals surface area contributed by atoms with Crippen molar-refractivity contribution in [3.63, 3.8) is 0 Å². The van der Waals surface area contributed by atoms with Gasteiger partial charge < -0.3 is 9.64 Å². The summed E-state index contributed by atoms with van der Waals surface area (Å²) in [7, 11) is 0. The maximum atomic E-state index is 12.4. The second-order valence-electron chi connectivity index (χ2n) is 6.53. The predicted octanol–water partition coefficient (Wildman–Crippen LogP) is 4.29. The first-order valence-electron chi connectivity index (χ1n) is 8.84. The Morgan fingerprint density at radius 2 is 1.84 bits per heavy atom. The maximum absolute atomic E-state index is 12.4. The van der Waals surface area contributed by atoms with Crippen LogP contribution in [0.1, 0.15) is 24.0 Å². The number of halogens is 1. The quantitative estimate of drug-likeness (QED) is 0.521. The first-order chi connectivity index (χ1) is 12.3. The molecule has 132 valence electrons. The lowest BCUT2D eigenvalue weighted by Gasteiger charge is -2.17. The standard InChI is InChI=1S/C21H24ClNO2/c22-11-6-12-25-20-10-5-4-9-19(20)13-18-14-21(24)23(16-18)15-17-7-2-1-3-8-17/h1-5,7-10,18H,6,11-16H2. The molecular weight excluding hydrogens is 334 g/mol. The molecule has 0 N–H and O–H groups in total. The molecule has 1 fully saturated rings. The first-order valence-corrected chi connectivity index (χ1v) is 9.38. The summed E-state index contributed by atoms with van der Waals surface area (Å²) < 4.78 is 5.85. The summed E-state index contributed by atoms with van der Waals surface area (Å²) in [6.07, 6.45) is 2.32. The molecule has 0 saturated carbocycles. The second kappa shape index (κ2) is 8.91. The lowest BCUT2D eigenvalue weighted by Crippen LogP contribution is -2.24. The van der Waals surface area contributed by atoms with E-state index in [2.05, 4.69) is 18.2 Å². The van der Waals surface area contributed by atoms with Gasteiger partial charge in [0, 0.05) is 25.4 Å². The van der Waals surface area contributed by atoms with Crippen LogP contribution in [0.15, 0.2) is 54.6 Å². The Morgan fingerprint density at radius 3 is 2.64 bits per heavy atom. The fourth-order valence-electron chi connectivity index (χ4n) is 3.31. The topological polar surface area (TPSA) is 29.5 Å². The average Bonchev–Trinajstić information content (AvgIpc) is 2.97. The van der Waals surface area contributed by atoms with Gasteiger partial charge in [-0.25, -0.2) is 0 Å². The van der Waals surface area contributed by atoms with Crippen molar-refractivity contribution in [2.75, 3.05) is 19.0 Å². The van der Waals surface area contributed by atoms with Gasteiger partial charge in [0.2, 0.25) is 5.91 Å². The SMILES string of the molecule is O=C1CC(Cc2ccccc2OCCCCl)CN1Cc1ccccc1. The van der Waals surface area contributed by atoms with Crippen molar-refractivity contribution in [2.24, 2.45) is 5.92 Å². The number of carbonyl (C=O) groups is 1. The maximum Gasteiger partial charge on any atom is 0.223 e. The summed E-state index contributed by atoms with van der Waals surface area (Å²) in [6, 6.07) is 18.3. The third kappa shape index (κ3) is 4.99. The van der Waals surface area contributed by atoms with Crippen LogP contribution in [0, 0.1) is 5.92 Å². The summed E-state index contributed by atoms with van der Waals surface area (Å²) in [5.41, 5.74) is 2.36. The number of ether oxygens (including phenoxy) is 1. The molecule has 2 aromatic rings. The highest BCUT2D eigenvalue weighted by Crippen LogP contribution is 2.28. The number of rotatable bonds is 8. The smallest absolute Gasteiger partial charge is 0.223 e. The molecule has 1 aliphatic heterocycles. The molecule has 0 aliphatic carbocycles. The molecule has 1 saturated heterocycles. The van der Waals surface area contributed by atoms with E-state index in [1.165, 1.54) is 11.1 Å². The van der Waals surface area contributed by atoms with Crippen LogP contribution in [0.5, 0.6) is 5.75 Å². The van der Waals surface area contributed by atoms with Crippen LogP contribution in [-0.2, 0) is 17.8 Å². The zero-order chi connectivity index (χ0) is 17.5. The molecule has 3 rings (SSSR count). The molecular formula is C21H24ClNO2. The fraction of sp³-hybridized carbons (Fsp3) is 0.381. The van der Waals surface area contributed by atoms with Gasteiger partial charge >= 0.3 is 0 Å². The molecule has 0 aromatic heterocycles. The number of alkyl halides is 1. The Bertz CT molecular complexity index is 689. The van der Waals surface area contributed by atoms with Gasteiger partial charge in [-0.05, 0) is 36.0 Å². The van der Waals surface area contributed by atoms with Crippen LogP contribution in [0.2, 0.25) is 0 Å². The third-order valence-corrected chi connectivity index (χ3v) is 4.79. The molecule has 1 atom stereocenters. The van der Waals surface area contributed by atoms with Gasteiger partial charge in [0.1, 0.15) is 5.75 Å². The van der Waals surface area contributed by atoms with Crippen molar-refractivity contribution >= 4 is 17.5 Å². The average molecular weight is 358 g/mol. The Labute approximate surface area is 154 Å². The van der Waals surface area contributed by atoms with Gasteiger partial charge in [-0.2, -0.15) is 0 Å². The van der Waals surface area contributed by atoms with Crippen LogP contribution >= 0.6 is 11.6 Å². The number of carbonyl (C=O) groups excluding carboxylic acids is 1. The summed E-state index contributed by atoms with van der Waals surface area (Å²) in [5.74, 6) is 2.11. The molecule has 4 heteroatoms. The Balaban J connectivity index is 1.60. The lowest BCUT2D eigenvalue weighted by atomic mass is 9.98. The van der Waals surface area contributed by atoms with E-state index in [1.807, 2.05) is 41.3 Å². The molecule has 1 aliphatic rings. The van der Waals surface area contributed by atoms with Gasteiger partial charge in [0.15, 0.2) is 0 Å². The van der Waals surface area contributed by atoms with Crippen LogP contribution in [-0.4, -0.2) is 29.8 Å². The number of hydrogen-bond acceptors (Lipinski definition) is 2. The van der Waals surface area contributed by atoms with E-state index in [-0.39, 0.29) is 5.91 Å². The first kappa shape index (κ1) is 17.8. The molecule has 1 amide bonds. The second-order valence-corrected chi connectivity index (χ2v) is 6.91. The molecule has 0 radical (unpaired) electrons. The van der Waals surface area contributed by atoms with Crippen LogP contribution in [0.25, 0.3) is 0 Å². The minimum atomic E-state index is 0.245. The monoisotopic (exact) mass is 357 g/mol. The van der Waals surface area contributed by atoms with Crippen molar-refractivity contribution in [1.82, 2.24) is 4.90 Å². The molecule has 2 aromatic carbocycles. The van der Waals surface area contributed by atoms with E-state index in [9.17, 15) is 4.79 Å². The van der Waals surface area contributed by atoms with Gasteiger partial charge in [-0.15, -0.1) is 11.6 Å². The van der Waals surface area contributed by atoms with Crippen LogP contribution in [0.4, 0.5) is 0 Å². The van der Waals surface area contributed by atoms with Gasteiger partial charge in [-0.1, -0.05) is 48.5 Å². The number of hydrogen-bond donors (Lipinski definition) is 0. The van der Waals surface area contributed by atoms with E-state index in [4.69, 9.17) is 16.3 Å². The highest BCUT2D eigenvalue weighted by molar-refractivity contribution is 6.17. The Hall–Kier alpha value is -2.00. The van der Waals surface area contributed by atoms with Crippen molar-refractivity contribution in [3.8, 4) is 5.75 Å². The number of para-hydroxylation sites is 1. The van der Waals surface area contributed by atoms with E-state index < -0.39 is 0 Å². The highest BCUT2D eigenvalue weighted by Gasteiger charge is 2.30. The van der Waals surface area contributed by atoms with Crippen LogP contribution < -0.4 is 4.74 Å². The minimum Gasteiger partial charge on any atom is -0.493 e. The molecule has 3 nitrogen and oxygen atoms in total. The molecule has 1 unspecified atom stereocenters. The van der Waals surface area contributed by atoms with Crippen LogP contribution in [0.3, 0.4) is 0 Å². The van der Waals surface area contributed by atoms with Crippen molar-refractivity contribution < 1.29 is 9.53 Å². The Morgan fingerprint density at radius 1 is 1.08 bits per heavy atom. The largest absolute Gasteiger partial charge is 0.493 e. The highest BCUT2D eigenvalue weighted by atomic mass is 35.5. The van der Waals surface area contributed by atoms with Crippen molar-refractivity contribution in [3.05, 3.63) is 65.7 Å². The molecule has 1 heterocycles. The number of amides is 1. The van der Waals surface area contributed by atoms with E-state index in [0.717, 1.165) is 25.1 Å². The number of benzene rings is 2. The van der Waals surface area contributed by atoms with E-state index in [1.54, 1.807) is 0 Å². The van der Waals surface area contributed by atoms with E-state index >= 15 is 0 Å². The predicted molar refractivity (Wildman–Crippen MR) is 101 cm³/mol. The summed E-state index contributed by atoms with van der Waals surface area (Å²) in [6.45, 7) is 2.14. The molecule has 0 spiro atoms. The molecule has 25 heavy (non-hydrogen) atoms. The van der Waals surface area contributed by atoms with Gasteiger partial charge in [0.25, 0.3) is 0 Å². The van der Waals surface area contributed by atoms with Gasteiger partial charge in [-0.3, -0.25) is 4.79 Å². The summed E-state index contributed by atoms with van der Waals surface area (Å²) >= 11 is 5.72. The zero-order valence-electron chi connectivity index (χ0n) is 14.4. The Kier molecular flexibility index (Phi) is 6.35. The van der Waals surface area contributed by atoms with Crippen molar-refractivity contribution in [2.45, 2.75) is 25.8 Å². The van der Waals surface area contributed by atoms with E-state index in [0.29, 0.717) is 31.4 Å². The minimum absolute atomic E-state index is 0.245. The number of likely N-dealkylation sites (tertiary alicyclic amines) is 1. The molecule has 0 bridgehead atoms. The zero-order valence-corrected chi connectivity index (χ0v) is 15.1. The summed E-state index contributed by atoms with van der Waals surface area (Å²) in [4.78, 5) is 14.3. The van der Waals surface area contributed by atoms with Crippen molar-refractivity contribution in [1.29, 1.82) is 0 Å².